The van der Waals surface area contributed by atoms with E-state index in [0.717, 1.165) is 14.9 Å². The minimum absolute atomic E-state index is 0.248. The lowest BCUT2D eigenvalue weighted by Gasteiger charge is -2.10. The second kappa shape index (κ2) is 7.08. The van der Waals surface area contributed by atoms with E-state index < -0.39 is 6.10 Å². The van der Waals surface area contributed by atoms with Gasteiger partial charge in [-0.2, -0.15) is 0 Å². The van der Waals surface area contributed by atoms with E-state index in [1.54, 1.807) is 23.9 Å². The number of aliphatic hydroxyl groups excluding tert-OH is 1. The molecule has 1 nitrogen and oxygen atoms in total. The molecule has 0 aliphatic carbocycles. The molecule has 0 spiro atoms. The van der Waals surface area contributed by atoms with Gasteiger partial charge in [-0.3, -0.25) is 0 Å². The van der Waals surface area contributed by atoms with Crippen molar-refractivity contribution in [1.29, 1.82) is 0 Å². The largest absolute Gasteiger partial charge is 0.392 e. The summed E-state index contributed by atoms with van der Waals surface area (Å²) in [5.41, 5.74) is 0.949. The quantitative estimate of drug-likeness (QED) is 0.819. The highest BCUT2D eigenvalue weighted by Crippen LogP contribution is 2.22. The fraction of sp³-hybridized carbons (Fsp3) is 0.200. The summed E-state index contributed by atoms with van der Waals surface area (Å²) in [4.78, 5) is 1.13. The van der Waals surface area contributed by atoms with Crippen molar-refractivity contribution in [1.82, 2.24) is 0 Å². The topological polar surface area (TPSA) is 20.2 Å². The molecule has 0 aliphatic heterocycles. The molecule has 2 aromatic carbocycles. The smallest absolute Gasteiger partial charge is 0.123 e. The summed E-state index contributed by atoms with van der Waals surface area (Å²) in [6, 6.07) is 14.3. The molecule has 100 valence electrons. The predicted octanol–water partition coefficient (Wildman–Crippen LogP) is 4.28. The Labute approximate surface area is 125 Å². The Balaban J connectivity index is 1.82. The van der Waals surface area contributed by atoms with Crippen molar-refractivity contribution in [3.05, 3.63) is 64.4 Å². The summed E-state index contributed by atoms with van der Waals surface area (Å²) >= 11 is 5.00. The number of thioether (sulfide) groups is 1. The van der Waals surface area contributed by atoms with Crippen LogP contribution in [0.3, 0.4) is 0 Å². The van der Waals surface area contributed by atoms with Crippen molar-refractivity contribution in [3.8, 4) is 0 Å². The SMILES string of the molecule is OC(CSc1ccc(Br)cc1)Cc1ccc(F)cc1. The first-order chi connectivity index (χ1) is 9.13. The average molecular weight is 341 g/mol. The third-order valence-electron chi connectivity index (χ3n) is 2.64. The van der Waals surface area contributed by atoms with Gasteiger partial charge < -0.3 is 5.11 Å². The molecular formula is C15H14BrFOS. The zero-order valence-electron chi connectivity index (χ0n) is 10.2. The minimum atomic E-state index is -0.431. The molecule has 0 aromatic heterocycles. The van der Waals surface area contributed by atoms with Crippen molar-refractivity contribution < 1.29 is 9.50 Å². The molecule has 2 aromatic rings. The average Bonchev–Trinajstić information content (AvgIpc) is 2.41. The standard InChI is InChI=1S/C15H14BrFOS/c16-12-3-7-15(8-4-12)19-10-14(18)9-11-1-5-13(17)6-2-11/h1-8,14,18H,9-10H2. The molecule has 0 heterocycles. The fourth-order valence-electron chi connectivity index (χ4n) is 1.67. The molecule has 1 atom stereocenters. The third-order valence-corrected chi connectivity index (χ3v) is 4.33. The van der Waals surface area contributed by atoms with Crippen LogP contribution in [0.25, 0.3) is 0 Å². The number of benzene rings is 2. The summed E-state index contributed by atoms with van der Waals surface area (Å²) in [6.07, 6.45) is 0.114. The summed E-state index contributed by atoms with van der Waals surface area (Å²) in [6.45, 7) is 0. The van der Waals surface area contributed by atoms with Crippen LogP contribution in [0.15, 0.2) is 57.9 Å². The second-order valence-electron chi connectivity index (χ2n) is 4.25. The van der Waals surface area contributed by atoms with Crippen molar-refractivity contribution in [2.45, 2.75) is 17.4 Å². The van der Waals surface area contributed by atoms with Crippen molar-refractivity contribution in [2.75, 3.05) is 5.75 Å². The van der Waals surface area contributed by atoms with Gasteiger partial charge in [0.1, 0.15) is 5.82 Å². The number of hydrogen-bond acceptors (Lipinski definition) is 2. The Kier molecular flexibility index (Phi) is 5.43. The van der Waals surface area contributed by atoms with E-state index in [1.807, 2.05) is 24.3 Å². The fourth-order valence-corrected chi connectivity index (χ4v) is 2.77. The van der Waals surface area contributed by atoms with Gasteiger partial charge >= 0.3 is 0 Å². The normalized spacial score (nSPS) is 12.4. The molecule has 0 saturated heterocycles. The third kappa shape index (κ3) is 4.97. The summed E-state index contributed by atoms with van der Waals surface area (Å²) in [5.74, 6) is 0.376. The van der Waals surface area contributed by atoms with Crippen LogP contribution in [0.5, 0.6) is 0 Å². The Bertz CT molecular complexity index is 513. The molecule has 0 fully saturated rings. The maximum absolute atomic E-state index is 12.8. The van der Waals surface area contributed by atoms with Crippen LogP contribution < -0.4 is 0 Å². The monoisotopic (exact) mass is 340 g/mol. The zero-order chi connectivity index (χ0) is 13.7. The van der Waals surface area contributed by atoms with Gasteiger partial charge in [0.05, 0.1) is 6.10 Å². The Hall–Kier alpha value is -0.840. The van der Waals surface area contributed by atoms with Crippen LogP contribution in [0, 0.1) is 5.82 Å². The van der Waals surface area contributed by atoms with Crippen molar-refractivity contribution in [3.63, 3.8) is 0 Å². The van der Waals surface area contributed by atoms with E-state index in [0.29, 0.717) is 12.2 Å². The first kappa shape index (κ1) is 14.6. The van der Waals surface area contributed by atoms with Gasteiger partial charge in [-0.15, -0.1) is 11.8 Å². The van der Waals surface area contributed by atoms with Crippen LogP contribution in [0.4, 0.5) is 4.39 Å². The Morgan fingerprint density at radius 3 is 2.32 bits per heavy atom. The van der Waals surface area contributed by atoms with Gasteiger partial charge in [0.15, 0.2) is 0 Å². The number of rotatable bonds is 5. The van der Waals surface area contributed by atoms with E-state index in [-0.39, 0.29) is 5.82 Å². The lowest BCUT2D eigenvalue weighted by atomic mass is 10.1. The van der Waals surface area contributed by atoms with Crippen LogP contribution in [0.1, 0.15) is 5.56 Å². The molecular weight excluding hydrogens is 327 g/mol. The van der Waals surface area contributed by atoms with Crippen LogP contribution in [0.2, 0.25) is 0 Å². The van der Waals surface area contributed by atoms with Gasteiger partial charge in [-0.25, -0.2) is 4.39 Å². The van der Waals surface area contributed by atoms with Gasteiger partial charge in [-0.1, -0.05) is 28.1 Å². The summed E-state index contributed by atoms with van der Waals surface area (Å²) in [7, 11) is 0. The lowest BCUT2D eigenvalue weighted by molar-refractivity contribution is 0.200. The maximum atomic E-state index is 12.8. The lowest BCUT2D eigenvalue weighted by Crippen LogP contribution is -2.13. The highest BCUT2D eigenvalue weighted by Gasteiger charge is 2.07. The molecule has 0 aliphatic rings. The highest BCUT2D eigenvalue weighted by molar-refractivity contribution is 9.10. The number of halogens is 2. The predicted molar refractivity (Wildman–Crippen MR) is 81.0 cm³/mol. The first-order valence-corrected chi connectivity index (χ1v) is 7.72. The number of hydrogen-bond donors (Lipinski definition) is 1. The van der Waals surface area contributed by atoms with Crippen molar-refractivity contribution in [2.24, 2.45) is 0 Å². The van der Waals surface area contributed by atoms with Gasteiger partial charge in [0.2, 0.25) is 0 Å². The summed E-state index contributed by atoms with van der Waals surface area (Å²) < 4.78 is 13.8. The van der Waals surface area contributed by atoms with Crippen molar-refractivity contribution >= 4 is 27.7 Å². The van der Waals surface area contributed by atoms with Gasteiger partial charge in [0.25, 0.3) is 0 Å². The molecule has 0 bridgehead atoms. The molecule has 0 amide bonds. The highest BCUT2D eigenvalue weighted by atomic mass is 79.9. The molecule has 4 heteroatoms. The van der Waals surface area contributed by atoms with E-state index in [4.69, 9.17) is 0 Å². The van der Waals surface area contributed by atoms with Gasteiger partial charge in [0, 0.05) is 15.1 Å². The first-order valence-electron chi connectivity index (χ1n) is 5.94. The summed E-state index contributed by atoms with van der Waals surface area (Å²) in [5, 5.41) is 9.96. The van der Waals surface area contributed by atoms with Crippen LogP contribution in [-0.4, -0.2) is 17.0 Å². The van der Waals surface area contributed by atoms with E-state index in [2.05, 4.69) is 15.9 Å². The van der Waals surface area contributed by atoms with E-state index >= 15 is 0 Å². The number of aliphatic hydroxyl groups is 1. The second-order valence-corrected chi connectivity index (χ2v) is 6.26. The minimum Gasteiger partial charge on any atom is -0.392 e. The Morgan fingerprint density at radius 1 is 1.05 bits per heavy atom. The molecule has 19 heavy (non-hydrogen) atoms. The molecule has 0 radical (unpaired) electrons. The molecule has 1 unspecified atom stereocenters. The van der Waals surface area contributed by atoms with E-state index in [9.17, 15) is 9.50 Å². The molecule has 1 N–H and O–H groups in total. The van der Waals surface area contributed by atoms with Gasteiger partial charge in [-0.05, 0) is 48.4 Å². The molecule has 2 rings (SSSR count). The van der Waals surface area contributed by atoms with Crippen LogP contribution >= 0.6 is 27.7 Å². The maximum Gasteiger partial charge on any atom is 0.123 e. The van der Waals surface area contributed by atoms with E-state index in [1.165, 1.54) is 12.1 Å². The zero-order valence-corrected chi connectivity index (χ0v) is 12.6. The molecule has 0 saturated carbocycles. The van der Waals surface area contributed by atoms with Crippen LogP contribution in [-0.2, 0) is 6.42 Å². The Morgan fingerprint density at radius 2 is 1.68 bits per heavy atom.